The van der Waals surface area contributed by atoms with Crippen LogP contribution in [0.3, 0.4) is 0 Å². The average molecular weight is 279 g/mol. The summed E-state index contributed by atoms with van der Waals surface area (Å²) >= 11 is 0. The lowest BCUT2D eigenvalue weighted by molar-refractivity contribution is -0.152. The summed E-state index contributed by atoms with van der Waals surface area (Å²) in [5, 5.41) is 9.67. The van der Waals surface area contributed by atoms with Crippen LogP contribution < -0.4 is 0 Å². The Morgan fingerprint density at radius 3 is 2.75 bits per heavy atom. The molecule has 4 nitrogen and oxygen atoms in total. The lowest BCUT2D eigenvalue weighted by Crippen LogP contribution is -2.53. The van der Waals surface area contributed by atoms with E-state index in [1.165, 1.54) is 19.3 Å². The summed E-state index contributed by atoms with van der Waals surface area (Å²) in [4.78, 5) is 2.50. The van der Waals surface area contributed by atoms with Gasteiger partial charge < -0.3 is 14.3 Å². The molecule has 0 radical (unpaired) electrons. The molecule has 1 N–H and O–H groups in total. The van der Waals surface area contributed by atoms with Gasteiger partial charge in [0.2, 0.25) is 0 Å². The first-order valence-corrected chi connectivity index (χ1v) is 7.71. The van der Waals surface area contributed by atoms with Crippen molar-refractivity contribution in [1.29, 1.82) is 0 Å². The fraction of sp³-hybridized carbons (Fsp3) is 0.750. The summed E-state index contributed by atoms with van der Waals surface area (Å²) in [6.45, 7) is 5.58. The van der Waals surface area contributed by atoms with Crippen LogP contribution in [0.1, 0.15) is 43.2 Å². The molecule has 20 heavy (non-hydrogen) atoms. The monoisotopic (exact) mass is 279 g/mol. The summed E-state index contributed by atoms with van der Waals surface area (Å²) in [5.41, 5.74) is -0.0514. The molecule has 3 rings (SSSR count). The maximum absolute atomic E-state index is 9.67. The van der Waals surface area contributed by atoms with Crippen LogP contribution in [0.2, 0.25) is 0 Å². The van der Waals surface area contributed by atoms with Crippen molar-refractivity contribution in [3.8, 4) is 0 Å². The molecule has 2 saturated heterocycles. The van der Waals surface area contributed by atoms with E-state index >= 15 is 0 Å². The third-order valence-electron chi connectivity index (χ3n) is 4.64. The number of aliphatic hydroxyl groups is 1. The smallest absolute Gasteiger partial charge is 0.121 e. The third kappa shape index (κ3) is 2.78. The lowest BCUT2D eigenvalue weighted by atomic mass is 9.85. The number of aliphatic hydroxyl groups excluding tert-OH is 1. The number of ether oxygens (including phenoxy) is 1. The van der Waals surface area contributed by atoms with Gasteiger partial charge in [-0.05, 0) is 38.4 Å². The minimum absolute atomic E-state index is 0.0514. The Balaban J connectivity index is 1.77. The quantitative estimate of drug-likeness (QED) is 0.920. The van der Waals surface area contributed by atoms with Gasteiger partial charge >= 0.3 is 0 Å². The van der Waals surface area contributed by atoms with Crippen LogP contribution in [-0.4, -0.2) is 42.9 Å². The van der Waals surface area contributed by atoms with E-state index in [4.69, 9.17) is 9.15 Å². The van der Waals surface area contributed by atoms with Gasteiger partial charge in [0, 0.05) is 6.54 Å². The number of rotatable bonds is 4. The third-order valence-corrected chi connectivity index (χ3v) is 4.64. The van der Waals surface area contributed by atoms with Crippen molar-refractivity contribution in [1.82, 2.24) is 4.90 Å². The zero-order chi connectivity index (χ0) is 14.0. The average Bonchev–Trinajstić information content (AvgIpc) is 2.70. The molecule has 2 fully saturated rings. The molecule has 1 aromatic heterocycles. The SMILES string of the molecule is Cc1ccc(C2CCCCCN2CC2(CO)COC2)o1. The summed E-state index contributed by atoms with van der Waals surface area (Å²) in [5.74, 6) is 2.06. The maximum atomic E-state index is 9.67. The standard InChI is InChI=1S/C16H25NO3/c1-13-6-7-15(20-13)14-5-3-2-4-8-17(14)9-16(10-18)11-19-12-16/h6-7,14,18H,2-5,8-12H2,1H3. The number of furan rings is 1. The predicted molar refractivity (Wildman–Crippen MR) is 76.6 cm³/mol. The molecule has 112 valence electrons. The highest BCUT2D eigenvalue weighted by Crippen LogP contribution is 2.36. The van der Waals surface area contributed by atoms with E-state index in [0.29, 0.717) is 19.3 Å². The molecule has 1 aromatic rings. The summed E-state index contributed by atoms with van der Waals surface area (Å²) < 4.78 is 11.2. The Labute approximate surface area is 120 Å². The Morgan fingerprint density at radius 2 is 2.15 bits per heavy atom. The Hall–Kier alpha value is -0.840. The van der Waals surface area contributed by atoms with E-state index in [0.717, 1.165) is 31.0 Å². The highest BCUT2D eigenvalue weighted by molar-refractivity contribution is 5.11. The second kappa shape index (κ2) is 5.88. The van der Waals surface area contributed by atoms with Crippen LogP contribution in [0.4, 0.5) is 0 Å². The Morgan fingerprint density at radius 1 is 1.30 bits per heavy atom. The number of likely N-dealkylation sites (tertiary alicyclic amines) is 1. The highest BCUT2D eigenvalue weighted by atomic mass is 16.5. The van der Waals surface area contributed by atoms with E-state index in [9.17, 15) is 5.11 Å². The van der Waals surface area contributed by atoms with E-state index in [-0.39, 0.29) is 12.0 Å². The molecular formula is C16H25NO3. The normalized spacial score (nSPS) is 27.0. The van der Waals surface area contributed by atoms with E-state index < -0.39 is 0 Å². The van der Waals surface area contributed by atoms with Crippen LogP contribution in [0.15, 0.2) is 16.5 Å². The minimum Gasteiger partial charge on any atom is -0.465 e. The largest absolute Gasteiger partial charge is 0.465 e. The van der Waals surface area contributed by atoms with Gasteiger partial charge in [-0.1, -0.05) is 12.8 Å². The fourth-order valence-electron chi connectivity index (χ4n) is 3.37. The molecule has 0 bridgehead atoms. The van der Waals surface area contributed by atoms with Gasteiger partial charge in [0.25, 0.3) is 0 Å². The van der Waals surface area contributed by atoms with Crippen molar-refractivity contribution in [2.45, 2.75) is 38.6 Å². The minimum atomic E-state index is -0.0514. The summed E-state index contributed by atoms with van der Waals surface area (Å²) in [6, 6.07) is 4.52. The molecule has 3 heterocycles. The molecule has 0 saturated carbocycles. The number of nitrogens with zero attached hydrogens (tertiary/aromatic N) is 1. The zero-order valence-corrected chi connectivity index (χ0v) is 12.3. The fourth-order valence-corrected chi connectivity index (χ4v) is 3.37. The topological polar surface area (TPSA) is 45.8 Å². The van der Waals surface area contributed by atoms with Crippen molar-refractivity contribution in [2.75, 3.05) is 32.9 Å². The maximum Gasteiger partial charge on any atom is 0.121 e. The number of aryl methyl sites for hydroxylation is 1. The predicted octanol–water partition coefficient (Wildman–Crippen LogP) is 2.51. The van der Waals surface area contributed by atoms with Crippen LogP contribution in [0.5, 0.6) is 0 Å². The van der Waals surface area contributed by atoms with Crippen molar-refractivity contribution >= 4 is 0 Å². The summed E-state index contributed by atoms with van der Waals surface area (Å²) in [6.07, 6.45) is 4.92. The van der Waals surface area contributed by atoms with Crippen LogP contribution in [0, 0.1) is 12.3 Å². The molecule has 4 heteroatoms. The van der Waals surface area contributed by atoms with Gasteiger partial charge in [0.15, 0.2) is 0 Å². The second-order valence-corrected chi connectivity index (χ2v) is 6.43. The first-order chi connectivity index (χ1) is 9.72. The number of hydrogen-bond acceptors (Lipinski definition) is 4. The van der Waals surface area contributed by atoms with Gasteiger partial charge in [-0.3, -0.25) is 4.90 Å². The van der Waals surface area contributed by atoms with Crippen molar-refractivity contribution in [3.63, 3.8) is 0 Å². The van der Waals surface area contributed by atoms with E-state index in [2.05, 4.69) is 11.0 Å². The molecule has 0 spiro atoms. The van der Waals surface area contributed by atoms with Crippen molar-refractivity contribution in [3.05, 3.63) is 23.7 Å². The van der Waals surface area contributed by atoms with Crippen LogP contribution >= 0.6 is 0 Å². The van der Waals surface area contributed by atoms with Crippen molar-refractivity contribution < 1.29 is 14.3 Å². The molecule has 2 aliphatic rings. The second-order valence-electron chi connectivity index (χ2n) is 6.43. The Bertz CT molecular complexity index is 433. The number of hydrogen-bond donors (Lipinski definition) is 1. The molecule has 0 amide bonds. The van der Waals surface area contributed by atoms with Gasteiger partial charge in [0.1, 0.15) is 11.5 Å². The van der Waals surface area contributed by atoms with Gasteiger partial charge in [-0.2, -0.15) is 0 Å². The molecule has 1 unspecified atom stereocenters. The van der Waals surface area contributed by atoms with Gasteiger partial charge in [-0.25, -0.2) is 0 Å². The first kappa shape index (κ1) is 14.1. The van der Waals surface area contributed by atoms with Crippen LogP contribution in [-0.2, 0) is 4.74 Å². The van der Waals surface area contributed by atoms with E-state index in [1.807, 2.05) is 13.0 Å². The van der Waals surface area contributed by atoms with Crippen molar-refractivity contribution in [2.24, 2.45) is 5.41 Å². The van der Waals surface area contributed by atoms with Gasteiger partial charge in [0.05, 0.1) is 31.3 Å². The summed E-state index contributed by atoms with van der Waals surface area (Å²) in [7, 11) is 0. The molecule has 2 aliphatic heterocycles. The molecule has 1 atom stereocenters. The van der Waals surface area contributed by atoms with Crippen LogP contribution in [0.25, 0.3) is 0 Å². The molecular weight excluding hydrogens is 254 g/mol. The lowest BCUT2D eigenvalue weighted by Gasteiger charge is -2.44. The molecule has 0 aliphatic carbocycles. The highest BCUT2D eigenvalue weighted by Gasteiger charge is 2.41. The molecule has 0 aromatic carbocycles. The van der Waals surface area contributed by atoms with Gasteiger partial charge in [-0.15, -0.1) is 0 Å². The zero-order valence-electron chi connectivity index (χ0n) is 12.3. The Kier molecular flexibility index (Phi) is 4.15. The first-order valence-electron chi connectivity index (χ1n) is 7.71. The van der Waals surface area contributed by atoms with E-state index in [1.54, 1.807) is 0 Å².